The van der Waals surface area contributed by atoms with Gasteiger partial charge in [-0.3, -0.25) is 4.31 Å². The maximum Gasteiger partial charge on any atom is 0.232 e. The number of rotatable bonds is 4. The van der Waals surface area contributed by atoms with E-state index in [1.54, 1.807) is 26.3 Å². The van der Waals surface area contributed by atoms with E-state index in [9.17, 15) is 8.42 Å². The number of ether oxygens (including phenoxy) is 1. The molecule has 0 aliphatic heterocycles. The molecule has 0 amide bonds. The Morgan fingerprint density at radius 2 is 1.88 bits per heavy atom. The maximum absolute atomic E-state index is 11.6. The lowest BCUT2D eigenvalue weighted by Crippen LogP contribution is -2.26. The van der Waals surface area contributed by atoms with Gasteiger partial charge in [0.2, 0.25) is 10.0 Å². The van der Waals surface area contributed by atoms with Crippen LogP contribution < -0.4 is 9.04 Å². The number of methoxy groups -OCH3 is 1. The van der Waals surface area contributed by atoms with Gasteiger partial charge < -0.3 is 4.74 Å². The van der Waals surface area contributed by atoms with Crippen LogP contribution in [0.2, 0.25) is 0 Å². The van der Waals surface area contributed by atoms with E-state index in [1.165, 1.54) is 10.6 Å². The van der Waals surface area contributed by atoms with Crippen LogP contribution in [0.25, 0.3) is 0 Å². The lowest BCUT2D eigenvalue weighted by atomic mass is 10.0. The summed E-state index contributed by atoms with van der Waals surface area (Å²) < 4.78 is 29.6. The molecule has 0 radical (unpaired) electrons. The third-order valence-electron chi connectivity index (χ3n) is 2.69. The summed E-state index contributed by atoms with van der Waals surface area (Å²) in [4.78, 5) is 0. The van der Waals surface area contributed by atoms with Crippen LogP contribution in [0, 0.1) is 0 Å². The van der Waals surface area contributed by atoms with Gasteiger partial charge in [-0.05, 0) is 29.7 Å². The monoisotopic (exact) mass is 257 g/mol. The minimum atomic E-state index is -3.24. The first-order chi connectivity index (χ1) is 7.77. The Morgan fingerprint density at radius 3 is 2.29 bits per heavy atom. The quantitative estimate of drug-likeness (QED) is 0.831. The molecule has 17 heavy (non-hydrogen) atoms. The van der Waals surface area contributed by atoms with Crippen molar-refractivity contribution in [2.45, 2.75) is 19.8 Å². The Balaban J connectivity index is 3.33. The Kier molecular flexibility index (Phi) is 4.03. The molecule has 0 unspecified atom stereocenters. The number of benzene rings is 1. The first-order valence-electron chi connectivity index (χ1n) is 5.39. The van der Waals surface area contributed by atoms with Gasteiger partial charge >= 0.3 is 0 Å². The van der Waals surface area contributed by atoms with Gasteiger partial charge in [-0.2, -0.15) is 0 Å². The maximum atomic E-state index is 11.6. The highest BCUT2D eigenvalue weighted by Gasteiger charge is 2.17. The van der Waals surface area contributed by atoms with Crippen molar-refractivity contribution in [2.75, 3.05) is 24.7 Å². The van der Waals surface area contributed by atoms with Gasteiger partial charge in [0, 0.05) is 7.05 Å². The van der Waals surface area contributed by atoms with Crippen LogP contribution in [0.3, 0.4) is 0 Å². The molecule has 5 heteroatoms. The second-order valence-electron chi connectivity index (χ2n) is 4.31. The van der Waals surface area contributed by atoms with E-state index >= 15 is 0 Å². The molecule has 0 atom stereocenters. The van der Waals surface area contributed by atoms with E-state index in [4.69, 9.17) is 4.74 Å². The molecule has 1 rings (SSSR count). The highest BCUT2D eigenvalue weighted by atomic mass is 32.2. The molecule has 96 valence electrons. The fraction of sp³-hybridized carbons (Fsp3) is 0.500. The van der Waals surface area contributed by atoms with Gasteiger partial charge in [0.05, 0.1) is 19.1 Å². The summed E-state index contributed by atoms with van der Waals surface area (Å²) in [5.41, 5.74) is 1.65. The molecule has 4 nitrogen and oxygen atoms in total. The SMILES string of the molecule is COc1ccc(N(C)S(C)(=O)=O)c(C(C)C)c1. The van der Waals surface area contributed by atoms with Crippen LogP contribution in [0.4, 0.5) is 5.69 Å². The molecule has 0 saturated carbocycles. The molecule has 0 heterocycles. The standard InChI is InChI=1S/C12H19NO3S/c1-9(2)11-8-10(16-4)6-7-12(11)13(3)17(5,14)15/h6-9H,1-5H3. The van der Waals surface area contributed by atoms with Crippen molar-refractivity contribution in [2.24, 2.45) is 0 Å². The Morgan fingerprint density at radius 1 is 1.29 bits per heavy atom. The predicted octanol–water partition coefficient (Wildman–Crippen LogP) is 2.21. The molecule has 0 spiro atoms. The average molecular weight is 257 g/mol. The van der Waals surface area contributed by atoms with E-state index < -0.39 is 10.0 Å². The Labute approximate surface area is 103 Å². The van der Waals surface area contributed by atoms with Crippen molar-refractivity contribution in [3.63, 3.8) is 0 Å². The van der Waals surface area contributed by atoms with E-state index in [0.29, 0.717) is 5.69 Å². The van der Waals surface area contributed by atoms with Crippen molar-refractivity contribution in [1.29, 1.82) is 0 Å². The average Bonchev–Trinajstić information content (AvgIpc) is 2.25. The van der Waals surface area contributed by atoms with E-state index in [1.807, 2.05) is 19.9 Å². The number of hydrogen-bond acceptors (Lipinski definition) is 3. The van der Waals surface area contributed by atoms with Crippen molar-refractivity contribution in [1.82, 2.24) is 0 Å². The van der Waals surface area contributed by atoms with Gasteiger partial charge in [0.1, 0.15) is 5.75 Å². The first-order valence-corrected chi connectivity index (χ1v) is 7.24. The summed E-state index contributed by atoms with van der Waals surface area (Å²) >= 11 is 0. The number of hydrogen-bond donors (Lipinski definition) is 0. The second-order valence-corrected chi connectivity index (χ2v) is 6.32. The number of sulfonamides is 1. The van der Waals surface area contributed by atoms with Gasteiger partial charge in [0.15, 0.2) is 0 Å². The van der Waals surface area contributed by atoms with E-state index in [0.717, 1.165) is 11.3 Å². The van der Waals surface area contributed by atoms with E-state index in [-0.39, 0.29) is 5.92 Å². The Bertz CT molecular complexity index is 494. The third kappa shape index (κ3) is 3.12. The minimum absolute atomic E-state index is 0.226. The van der Waals surface area contributed by atoms with Crippen LogP contribution in [-0.4, -0.2) is 28.8 Å². The van der Waals surface area contributed by atoms with E-state index in [2.05, 4.69) is 0 Å². The third-order valence-corrected chi connectivity index (χ3v) is 3.89. The summed E-state index contributed by atoms with van der Waals surface area (Å²) in [5.74, 6) is 0.962. The zero-order valence-corrected chi connectivity index (χ0v) is 11.7. The van der Waals surface area contributed by atoms with Crippen LogP contribution in [0.1, 0.15) is 25.3 Å². The highest BCUT2D eigenvalue weighted by Crippen LogP contribution is 2.31. The molecule has 1 aromatic carbocycles. The second kappa shape index (κ2) is 4.96. The van der Waals surface area contributed by atoms with Crippen molar-refractivity contribution in [3.05, 3.63) is 23.8 Å². The summed E-state index contributed by atoms with van der Waals surface area (Å²) in [7, 11) is -0.0838. The van der Waals surface area contributed by atoms with Crippen molar-refractivity contribution < 1.29 is 13.2 Å². The molecule has 1 aromatic rings. The van der Waals surface area contributed by atoms with Crippen LogP contribution in [-0.2, 0) is 10.0 Å². The predicted molar refractivity (Wildman–Crippen MR) is 70.3 cm³/mol. The van der Waals surface area contributed by atoms with Crippen LogP contribution in [0.5, 0.6) is 5.75 Å². The summed E-state index contributed by atoms with van der Waals surface area (Å²) in [6.45, 7) is 4.04. The molecule has 0 bridgehead atoms. The number of nitrogens with zero attached hydrogens (tertiary/aromatic N) is 1. The lowest BCUT2D eigenvalue weighted by molar-refractivity contribution is 0.414. The highest BCUT2D eigenvalue weighted by molar-refractivity contribution is 7.92. The molecular formula is C12H19NO3S. The summed E-state index contributed by atoms with van der Waals surface area (Å²) in [6.07, 6.45) is 1.20. The first kappa shape index (κ1) is 13.8. The molecule has 0 aliphatic rings. The van der Waals surface area contributed by atoms with Gasteiger partial charge in [-0.25, -0.2) is 8.42 Å². The van der Waals surface area contributed by atoms with Crippen molar-refractivity contribution >= 4 is 15.7 Å². The smallest absolute Gasteiger partial charge is 0.232 e. The Hall–Kier alpha value is -1.23. The molecule has 0 N–H and O–H groups in total. The molecule has 0 saturated heterocycles. The van der Waals surface area contributed by atoms with Gasteiger partial charge in [-0.1, -0.05) is 13.8 Å². The largest absolute Gasteiger partial charge is 0.497 e. The molecule has 0 aromatic heterocycles. The molecular weight excluding hydrogens is 238 g/mol. The zero-order chi connectivity index (χ0) is 13.2. The fourth-order valence-corrected chi connectivity index (χ4v) is 2.11. The van der Waals surface area contributed by atoms with Crippen LogP contribution in [0.15, 0.2) is 18.2 Å². The zero-order valence-electron chi connectivity index (χ0n) is 10.9. The topological polar surface area (TPSA) is 46.6 Å². The minimum Gasteiger partial charge on any atom is -0.497 e. The summed E-state index contributed by atoms with van der Waals surface area (Å²) in [5, 5.41) is 0. The summed E-state index contributed by atoms with van der Waals surface area (Å²) in [6, 6.07) is 5.42. The van der Waals surface area contributed by atoms with Crippen LogP contribution >= 0.6 is 0 Å². The number of anilines is 1. The normalized spacial score (nSPS) is 11.6. The molecule has 0 fully saturated rings. The molecule has 0 aliphatic carbocycles. The fourth-order valence-electron chi connectivity index (χ4n) is 1.59. The van der Waals surface area contributed by atoms with Gasteiger partial charge in [0.25, 0.3) is 0 Å². The lowest BCUT2D eigenvalue weighted by Gasteiger charge is -2.22. The van der Waals surface area contributed by atoms with Gasteiger partial charge in [-0.15, -0.1) is 0 Å². The van der Waals surface area contributed by atoms with Crippen molar-refractivity contribution in [3.8, 4) is 5.75 Å².